The average molecular weight is 340 g/mol. The molecule has 2 aliphatic rings. The number of hydrogen-bond acceptors (Lipinski definition) is 5. The summed E-state index contributed by atoms with van der Waals surface area (Å²) in [5.74, 6) is 1.19. The van der Waals surface area contributed by atoms with Crippen LogP contribution in [-0.4, -0.2) is 21.9 Å². The normalized spacial score (nSPS) is 22.9. The van der Waals surface area contributed by atoms with E-state index < -0.39 is 11.7 Å². The molecule has 4 rings (SSSR count). The molecule has 0 fully saturated rings. The van der Waals surface area contributed by atoms with Gasteiger partial charge < -0.3 is 24.8 Å². The van der Waals surface area contributed by atoms with Gasteiger partial charge in [-0.15, -0.1) is 0 Å². The minimum absolute atomic E-state index is 0.0230. The molecule has 0 amide bonds. The van der Waals surface area contributed by atoms with Crippen LogP contribution in [0.5, 0.6) is 23.0 Å². The molecule has 0 aliphatic carbocycles. The number of benzene rings is 2. The minimum atomic E-state index is -1.32. The fourth-order valence-corrected chi connectivity index (χ4v) is 3.43. The smallest absolute Gasteiger partial charge is 0.168 e. The highest BCUT2D eigenvalue weighted by Crippen LogP contribution is 2.54. The number of aliphatic hydroxyl groups is 1. The van der Waals surface area contributed by atoms with Crippen LogP contribution < -0.4 is 9.47 Å². The summed E-state index contributed by atoms with van der Waals surface area (Å²) in [6.07, 6.45) is 1.97. The Morgan fingerprint density at radius 2 is 2.00 bits per heavy atom. The van der Waals surface area contributed by atoms with Crippen molar-refractivity contribution < 1.29 is 24.8 Å². The van der Waals surface area contributed by atoms with E-state index in [9.17, 15) is 15.3 Å². The van der Waals surface area contributed by atoms with Crippen LogP contribution in [0.2, 0.25) is 0 Å². The van der Waals surface area contributed by atoms with E-state index >= 15 is 0 Å². The Bertz CT molecular complexity index is 882. The van der Waals surface area contributed by atoms with Crippen molar-refractivity contribution in [2.75, 3.05) is 6.61 Å². The van der Waals surface area contributed by atoms with Crippen molar-refractivity contribution in [3.05, 3.63) is 58.7 Å². The summed E-state index contributed by atoms with van der Waals surface area (Å²) in [4.78, 5) is 0. The Kier molecular flexibility index (Phi) is 3.44. The number of phenols is 2. The molecule has 5 nitrogen and oxygen atoms in total. The molecule has 3 N–H and O–H groups in total. The minimum Gasteiger partial charge on any atom is -0.508 e. The predicted octanol–water partition coefficient (Wildman–Crippen LogP) is 3.32. The molecule has 5 heteroatoms. The van der Waals surface area contributed by atoms with E-state index in [1.807, 2.05) is 26.0 Å². The lowest BCUT2D eigenvalue weighted by Crippen LogP contribution is -2.41. The highest BCUT2D eigenvalue weighted by atomic mass is 16.5. The summed E-state index contributed by atoms with van der Waals surface area (Å²) < 4.78 is 11.7. The first-order valence-corrected chi connectivity index (χ1v) is 8.23. The summed E-state index contributed by atoms with van der Waals surface area (Å²) >= 11 is 0. The largest absolute Gasteiger partial charge is 0.508 e. The zero-order valence-electron chi connectivity index (χ0n) is 14.1. The molecule has 0 bridgehead atoms. The van der Waals surface area contributed by atoms with Gasteiger partial charge in [0.1, 0.15) is 29.6 Å². The van der Waals surface area contributed by atoms with E-state index in [4.69, 9.17) is 9.47 Å². The molecule has 0 saturated carbocycles. The van der Waals surface area contributed by atoms with Crippen molar-refractivity contribution in [2.45, 2.75) is 32.0 Å². The van der Waals surface area contributed by atoms with Crippen LogP contribution in [-0.2, 0) is 12.0 Å². The molecule has 2 aliphatic heterocycles. The van der Waals surface area contributed by atoms with Crippen LogP contribution in [0.4, 0.5) is 0 Å². The number of fused-ring (bicyclic) bond motifs is 5. The van der Waals surface area contributed by atoms with Gasteiger partial charge in [0.05, 0.1) is 0 Å². The number of allylic oxidation sites excluding steroid dienone is 2. The van der Waals surface area contributed by atoms with E-state index in [0.29, 0.717) is 29.0 Å². The van der Waals surface area contributed by atoms with Gasteiger partial charge in [0.2, 0.25) is 0 Å². The summed E-state index contributed by atoms with van der Waals surface area (Å²) in [5.41, 5.74) is 1.88. The fraction of sp³-hybridized carbons (Fsp3) is 0.300. The van der Waals surface area contributed by atoms with E-state index in [0.717, 1.165) is 11.1 Å². The molecule has 0 saturated heterocycles. The second kappa shape index (κ2) is 5.43. The van der Waals surface area contributed by atoms with Crippen LogP contribution in [0.25, 0.3) is 0 Å². The Morgan fingerprint density at radius 1 is 1.20 bits per heavy atom. The molecule has 2 aromatic rings. The summed E-state index contributed by atoms with van der Waals surface area (Å²) in [6, 6.07) is 8.08. The van der Waals surface area contributed by atoms with Gasteiger partial charge in [-0.05, 0) is 44.0 Å². The van der Waals surface area contributed by atoms with Gasteiger partial charge in [-0.25, -0.2) is 0 Å². The first-order chi connectivity index (χ1) is 11.9. The quantitative estimate of drug-likeness (QED) is 0.731. The van der Waals surface area contributed by atoms with Crippen molar-refractivity contribution >= 4 is 0 Å². The Morgan fingerprint density at radius 3 is 2.76 bits per heavy atom. The first-order valence-electron chi connectivity index (χ1n) is 8.23. The highest BCUT2D eigenvalue weighted by molar-refractivity contribution is 5.55. The van der Waals surface area contributed by atoms with E-state index in [1.165, 1.54) is 12.1 Å². The van der Waals surface area contributed by atoms with Gasteiger partial charge in [-0.2, -0.15) is 0 Å². The van der Waals surface area contributed by atoms with Crippen LogP contribution in [0.3, 0.4) is 0 Å². The highest BCUT2D eigenvalue weighted by Gasteiger charge is 2.53. The van der Waals surface area contributed by atoms with Gasteiger partial charge >= 0.3 is 0 Å². The number of phenolic OH excluding ortho intramolecular Hbond substituents is 2. The second-order valence-corrected chi connectivity index (χ2v) is 6.90. The van der Waals surface area contributed by atoms with E-state index in [1.54, 1.807) is 12.1 Å². The maximum absolute atomic E-state index is 11.2. The predicted molar refractivity (Wildman–Crippen MR) is 92.1 cm³/mol. The Labute approximate surface area is 145 Å². The molecule has 0 aromatic heterocycles. The van der Waals surface area contributed by atoms with Crippen LogP contribution >= 0.6 is 0 Å². The van der Waals surface area contributed by atoms with E-state index in [2.05, 4.69) is 0 Å². The molecule has 2 atom stereocenters. The second-order valence-electron chi connectivity index (χ2n) is 6.90. The number of ether oxygens (including phenoxy) is 2. The number of aromatic hydroxyl groups is 2. The maximum Gasteiger partial charge on any atom is 0.168 e. The summed E-state index contributed by atoms with van der Waals surface area (Å²) in [7, 11) is 0. The molecule has 130 valence electrons. The van der Waals surface area contributed by atoms with Crippen molar-refractivity contribution in [2.24, 2.45) is 0 Å². The SMILES string of the molecule is CC(C)=CCc1cc2c(cc1O)OC[C@]1(O)c3ccc(O)cc3O[C@@H]21. The third-order valence-corrected chi connectivity index (χ3v) is 4.78. The Hall–Kier alpha value is -2.66. The molecule has 25 heavy (non-hydrogen) atoms. The van der Waals surface area contributed by atoms with E-state index in [-0.39, 0.29) is 18.1 Å². The zero-order valence-corrected chi connectivity index (χ0v) is 14.1. The number of rotatable bonds is 2. The summed E-state index contributed by atoms with van der Waals surface area (Å²) in [5, 5.41) is 31.1. The molecule has 2 heterocycles. The van der Waals surface area contributed by atoms with Gasteiger partial charge in [-0.3, -0.25) is 0 Å². The van der Waals surface area contributed by atoms with Crippen LogP contribution in [0.1, 0.15) is 36.6 Å². The lowest BCUT2D eigenvalue weighted by Gasteiger charge is -2.35. The van der Waals surface area contributed by atoms with Crippen molar-refractivity contribution in [3.63, 3.8) is 0 Å². The lowest BCUT2D eigenvalue weighted by molar-refractivity contribution is -0.0864. The standard InChI is InChI=1S/C20H20O5/c1-11(2)3-4-12-7-14-17(9-16(12)22)24-10-20(23)15-6-5-13(21)8-18(15)25-19(14)20/h3,5-9,19,21-23H,4,10H2,1-2H3/t19-,20-/m0/s1. The van der Waals surface area contributed by atoms with Gasteiger partial charge in [-0.1, -0.05) is 11.6 Å². The Balaban J connectivity index is 1.79. The molecule has 0 unspecified atom stereocenters. The topological polar surface area (TPSA) is 79.2 Å². The molecular formula is C20H20O5. The third kappa shape index (κ3) is 2.43. The van der Waals surface area contributed by atoms with Crippen molar-refractivity contribution in [1.82, 2.24) is 0 Å². The van der Waals surface area contributed by atoms with Crippen molar-refractivity contribution in [1.29, 1.82) is 0 Å². The maximum atomic E-state index is 11.2. The molecule has 2 aromatic carbocycles. The van der Waals surface area contributed by atoms with Gasteiger partial charge in [0, 0.05) is 23.3 Å². The van der Waals surface area contributed by atoms with Gasteiger partial charge in [0.25, 0.3) is 0 Å². The molecule has 0 radical (unpaired) electrons. The van der Waals surface area contributed by atoms with Crippen molar-refractivity contribution in [3.8, 4) is 23.0 Å². The zero-order chi connectivity index (χ0) is 17.8. The lowest BCUT2D eigenvalue weighted by atomic mass is 9.84. The van der Waals surface area contributed by atoms with Crippen LogP contribution in [0, 0.1) is 0 Å². The van der Waals surface area contributed by atoms with Crippen LogP contribution in [0.15, 0.2) is 42.0 Å². The molecule has 0 spiro atoms. The number of hydrogen-bond donors (Lipinski definition) is 3. The monoisotopic (exact) mass is 340 g/mol. The fourth-order valence-electron chi connectivity index (χ4n) is 3.43. The third-order valence-electron chi connectivity index (χ3n) is 4.78. The molecular weight excluding hydrogens is 320 g/mol. The average Bonchev–Trinajstić information content (AvgIpc) is 2.85. The van der Waals surface area contributed by atoms with Gasteiger partial charge in [0.15, 0.2) is 11.7 Å². The first kappa shape index (κ1) is 15.8. The summed E-state index contributed by atoms with van der Waals surface area (Å²) in [6.45, 7) is 4.02.